The summed E-state index contributed by atoms with van der Waals surface area (Å²) >= 11 is 5.87. The van der Waals surface area contributed by atoms with E-state index in [2.05, 4.69) is 4.72 Å². The number of benzene rings is 1. The van der Waals surface area contributed by atoms with Crippen LogP contribution in [0.5, 0.6) is 0 Å². The van der Waals surface area contributed by atoms with Gasteiger partial charge in [-0.05, 0) is 30.5 Å². The number of halogens is 1. The van der Waals surface area contributed by atoms with Crippen molar-refractivity contribution in [3.05, 3.63) is 22.7 Å². The lowest BCUT2D eigenvalue weighted by molar-refractivity contribution is 0.479. The highest BCUT2D eigenvalue weighted by atomic mass is 35.5. The Labute approximate surface area is 120 Å². The summed E-state index contributed by atoms with van der Waals surface area (Å²) < 4.78 is 27.2. The molecule has 0 saturated carbocycles. The third-order valence-corrected chi connectivity index (χ3v) is 5.14. The van der Waals surface area contributed by atoms with Gasteiger partial charge >= 0.3 is 0 Å². The van der Waals surface area contributed by atoms with E-state index in [1.165, 1.54) is 6.07 Å². The number of nitrogens with two attached hydrogens (primary N) is 1. The van der Waals surface area contributed by atoms with Crippen molar-refractivity contribution >= 4 is 27.3 Å². The van der Waals surface area contributed by atoms with Crippen LogP contribution in [0.25, 0.3) is 0 Å². The number of hydrogen-bond acceptors (Lipinski definition) is 3. The summed E-state index contributed by atoms with van der Waals surface area (Å²) in [7, 11) is -3.57. The Morgan fingerprint density at radius 1 is 1.32 bits per heavy atom. The number of rotatable bonds is 6. The standard InChI is InChI=1S/C13H21ClN2O2S/c1-4-10(5-2)8-16-19(17,18)13-7-11(14)6-12(15)9(13)3/h6-7,10,16H,4-5,8,15H2,1-3H3. The highest BCUT2D eigenvalue weighted by Crippen LogP contribution is 2.26. The highest BCUT2D eigenvalue weighted by Gasteiger charge is 2.20. The topological polar surface area (TPSA) is 72.2 Å². The lowest BCUT2D eigenvalue weighted by Crippen LogP contribution is -2.29. The molecule has 1 aromatic carbocycles. The lowest BCUT2D eigenvalue weighted by Gasteiger charge is -2.15. The molecule has 108 valence electrons. The van der Waals surface area contributed by atoms with Crippen LogP contribution in [0.1, 0.15) is 32.3 Å². The van der Waals surface area contributed by atoms with Crippen LogP contribution >= 0.6 is 11.6 Å². The first kappa shape index (κ1) is 16.3. The smallest absolute Gasteiger partial charge is 0.240 e. The first-order valence-corrected chi connectivity index (χ1v) is 8.23. The van der Waals surface area contributed by atoms with E-state index in [9.17, 15) is 8.42 Å². The zero-order valence-electron chi connectivity index (χ0n) is 11.5. The highest BCUT2D eigenvalue weighted by molar-refractivity contribution is 7.89. The van der Waals surface area contributed by atoms with E-state index in [-0.39, 0.29) is 4.90 Å². The van der Waals surface area contributed by atoms with Gasteiger partial charge in [-0.2, -0.15) is 0 Å². The van der Waals surface area contributed by atoms with E-state index in [0.29, 0.717) is 28.7 Å². The number of sulfonamides is 1. The Balaban J connectivity index is 3.01. The van der Waals surface area contributed by atoms with Crippen LogP contribution < -0.4 is 10.5 Å². The minimum atomic E-state index is -3.57. The van der Waals surface area contributed by atoms with Gasteiger partial charge in [-0.15, -0.1) is 0 Å². The Kier molecular flexibility index (Phi) is 5.64. The van der Waals surface area contributed by atoms with E-state index in [1.54, 1.807) is 13.0 Å². The normalized spacial score (nSPS) is 12.1. The summed E-state index contributed by atoms with van der Waals surface area (Å²) in [6.45, 7) is 6.20. The Morgan fingerprint density at radius 3 is 2.42 bits per heavy atom. The first-order valence-electron chi connectivity index (χ1n) is 6.37. The second kappa shape index (κ2) is 6.59. The minimum Gasteiger partial charge on any atom is -0.398 e. The molecule has 0 spiro atoms. The molecule has 0 aliphatic rings. The summed E-state index contributed by atoms with van der Waals surface area (Å²) in [6.07, 6.45) is 1.88. The molecule has 4 nitrogen and oxygen atoms in total. The average Bonchev–Trinajstić information content (AvgIpc) is 2.34. The predicted molar refractivity (Wildman–Crippen MR) is 79.9 cm³/mol. The fourth-order valence-corrected chi connectivity index (χ4v) is 3.54. The molecule has 6 heteroatoms. The Morgan fingerprint density at radius 2 is 1.89 bits per heavy atom. The molecule has 0 radical (unpaired) electrons. The average molecular weight is 305 g/mol. The van der Waals surface area contributed by atoms with Crippen LogP contribution in [-0.4, -0.2) is 15.0 Å². The maximum absolute atomic E-state index is 12.3. The predicted octanol–water partition coefficient (Wildman–Crippen LogP) is 2.95. The molecule has 0 amide bonds. The SMILES string of the molecule is CCC(CC)CNS(=O)(=O)c1cc(Cl)cc(N)c1C. The molecule has 0 aliphatic heterocycles. The summed E-state index contributed by atoms with van der Waals surface area (Å²) in [5.74, 6) is 0.339. The maximum atomic E-state index is 12.3. The fraction of sp³-hybridized carbons (Fsp3) is 0.538. The monoisotopic (exact) mass is 304 g/mol. The fourth-order valence-electron chi connectivity index (χ4n) is 1.84. The van der Waals surface area contributed by atoms with Crippen molar-refractivity contribution < 1.29 is 8.42 Å². The van der Waals surface area contributed by atoms with Gasteiger partial charge in [-0.3, -0.25) is 0 Å². The van der Waals surface area contributed by atoms with Crippen LogP contribution in [0.2, 0.25) is 5.02 Å². The zero-order chi connectivity index (χ0) is 14.6. The van der Waals surface area contributed by atoms with Crippen molar-refractivity contribution in [3.8, 4) is 0 Å². The minimum absolute atomic E-state index is 0.156. The van der Waals surface area contributed by atoms with Gasteiger partial charge in [0.1, 0.15) is 0 Å². The second-order valence-electron chi connectivity index (χ2n) is 4.65. The van der Waals surface area contributed by atoms with E-state index < -0.39 is 10.0 Å². The van der Waals surface area contributed by atoms with Crippen molar-refractivity contribution in [2.75, 3.05) is 12.3 Å². The second-order valence-corrected chi connectivity index (χ2v) is 6.82. The van der Waals surface area contributed by atoms with Crippen molar-refractivity contribution in [1.29, 1.82) is 0 Å². The molecule has 0 saturated heterocycles. The summed E-state index contributed by atoms with van der Waals surface area (Å²) in [5.41, 5.74) is 6.66. The van der Waals surface area contributed by atoms with Gasteiger partial charge in [0.25, 0.3) is 0 Å². The summed E-state index contributed by atoms with van der Waals surface area (Å²) in [6, 6.07) is 2.99. The van der Waals surface area contributed by atoms with Gasteiger partial charge in [-0.25, -0.2) is 13.1 Å². The molecule has 19 heavy (non-hydrogen) atoms. The van der Waals surface area contributed by atoms with Gasteiger partial charge in [0.2, 0.25) is 10.0 Å². The van der Waals surface area contributed by atoms with Crippen molar-refractivity contribution in [1.82, 2.24) is 4.72 Å². The number of nitrogen functional groups attached to an aromatic ring is 1. The van der Waals surface area contributed by atoms with Gasteiger partial charge in [-0.1, -0.05) is 38.3 Å². The zero-order valence-corrected chi connectivity index (χ0v) is 13.1. The van der Waals surface area contributed by atoms with Gasteiger partial charge in [0, 0.05) is 17.3 Å². The molecule has 0 bridgehead atoms. The van der Waals surface area contributed by atoms with Crippen molar-refractivity contribution in [2.24, 2.45) is 5.92 Å². The molecule has 0 aliphatic carbocycles. The van der Waals surface area contributed by atoms with E-state index in [4.69, 9.17) is 17.3 Å². The largest absolute Gasteiger partial charge is 0.398 e. The molecular formula is C13H21ClN2O2S. The number of anilines is 1. The Hall–Kier alpha value is -0.780. The third kappa shape index (κ3) is 4.09. The van der Waals surface area contributed by atoms with Gasteiger partial charge in [0.15, 0.2) is 0 Å². The number of hydrogen-bond donors (Lipinski definition) is 2. The molecular weight excluding hydrogens is 284 g/mol. The van der Waals surface area contributed by atoms with E-state index in [0.717, 1.165) is 12.8 Å². The first-order chi connectivity index (χ1) is 8.81. The molecule has 0 atom stereocenters. The van der Waals surface area contributed by atoms with E-state index in [1.807, 2.05) is 13.8 Å². The van der Waals surface area contributed by atoms with Crippen LogP contribution in [0.4, 0.5) is 5.69 Å². The molecule has 3 N–H and O–H groups in total. The van der Waals surface area contributed by atoms with Gasteiger partial charge < -0.3 is 5.73 Å². The van der Waals surface area contributed by atoms with Crippen LogP contribution in [0, 0.1) is 12.8 Å². The van der Waals surface area contributed by atoms with Crippen LogP contribution in [-0.2, 0) is 10.0 Å². The van der Waals surface area contributed by atoms with Crippen LogP contribution in [0.3, 0.4) is 0 Å². The van der Waals surface area contributed by atoms with Crippen molar-refractivity contribution in [2.45, 2.75) is 38.5 Å². The molecule has 1 aromatic rings. The summed E-state index contributed by atoms with van der Waals surface area (Å²) in [5, 5.41) is 0.325. The molecule has 1 rings (SSSR count). The number of nitrogens with one attached hydrogen (secondary N) is 1. The maximum Gasteiger partial charge on any atom is 0.240 e. The Bertz CT molecular complexity index is 540. The molecule has 0 aromatic heterocycles. The quantitative estimate of drug-likeness (QED) is 0.794. The van der Waals surface area contributed by atoms with Crippen LogP contribution in [0.15, 0.2) is 17.0 Å². The van der Waals surface area contributed by atoms with Crippen molar-refractivity contribution in [3.63, 3.8) is 0 Å². The van der Waals surface area contributed by atoms with E-state index >= 15 is 0 Å². The molecule has 0 heterocycles. The molecule has 0 fully saturated rings. The third-order valence-electron chi connectivity index (χ3n) is 3.37. The molecule has 0 unspecified atom stereocenters. The lowest BCUT2D eigenvalue weighted by atomic mass is 10.0. The summed E-state index contributed by atoms with van der Waals surface area (Å²) in [4.78, 5) is 0.156. The van der Waals surface area contributed by atoms with Gasteiger partial charge in [0.05, 0.1) is 4.90 Å².